The third-order valence-electron chi connectivity index (χ3n) is 5.88. The molecule has 0 aliphatic rings. The maximum atomic E-state index is 12.8. The van der Waals surface area contributed by atoms with Crippen LogP contribution in [0.1, 0.15) is 52.4 Å². The van der Waals surface area contributed by atoms with Crippen molar-refractivity contribution in [1.29, 1.82) is 0 Å². The highest BCUT2D eigenvalue weighted by Crippen LogP contribution is 2.20. The van der Waals surface area contributed by atoms with E-state index in [0.717, 1.165) is 47.9 Å². The Balaban J connectivity index is 1.57. The van der Waals surface area contributed by atoms with Gasteiger partial charge >= 0.3 is 0 Å². The van der Waals surface area contributed by atoms with Crippen molar-refractivity contribution < 1.29 is 0 Å². The van der Waals surface area contributed by atoms with Crippen LogP contribution in [0.3, 0.4) is 0 Å². The zero-order valence-electron chi connectivity index (χ0n) is 17.5. The van der Waals surface area contributed by atoms with Crippen LogP contribution < -0.4 is 5.43 Å². The molecule has 3 rings (SSSR count). The molecular formula is C25H34N2O. The van der Waals surface area contributed by atoms with Crippen LogP contribution in [0.5, 0.6) is 0 Å². The number of aromatic nitrogens is 1. The maximum absolute atomic E-state index is 12.8. The molecule has 0 aliphatic carbocycles. The van der Waals surface area contributed by atoms with Crippen molar-refractivity contribution in [3.63, 3.8) is 0 Å². The van der Waals surface area contributed by atoms with Gasteiger partial charge in [-0.3, -0.25) is 4.79 Å². The van der Waals surface area contributed by atoms with Crippen LogP contribution in [-0.2, 0) is 6.54 Å². The van der Waals surface area contributed by atoms with Crippen molar-refractivity contribution in [2.75, 3.05) is 19.6 Å². The first-order valence-electron chi connectivity index (χ1n) is 11.0. The van der Waals surface area contributed by atoms with Gasteiger partial charge in [-0.25, -0.2) is 0 Å². The molecule has 28 heavy (non-hydrogen) atoms. The highest BCUT2D eigenvalue weighted by atomic mass is 16.1. The molecule has 0 aliphatic heterocycles. The van der Waals surface area contributed by atoms with Crippen molar-refractivity contribution in [3.8, 4) is 0 Å². The number of fused-ring (bicyclic) bond motifs is 2. The van der Waals surface area contributed by atoms with Gasteiger partial charge in [0.1, 0.15) is 0 Å². The predicted octanol–water partition coefficient (Wildman–Crippen LogP) is 5.84. The van der Waals surface area contributed by atoms with Gasteiger partial charge in [0.25, 0.3) is 0 Å². The van der Waals surface area contributed by atoms with E-state index in [9.17, 15) is 4.79 Å². The summed E-state index contributed by atoms with van der Waals surface area (Å²) in [6.07, 6.45) is 7.69. The van der Waals surface area contributed by atoms with Crippen LogP contribution in [-0.4, -0.2) is 29.1 Å². The number of rotatable bonds is 11. The van der Waals surface area contributed by atoms with Gasteiger partial charge in [0, 0.05) is 17.3 Å². The summed E-state index contributed by atoms with van der Waals surface area (Å²) >= 11 is 0. The molecule has 0 radical (unpaired) electrons. The minimum absolute atomic E-state index is 0.149. The Hall–Kier alpha value is -2.13. The Kier molecular flexibility index (Phi) is 7.67. The van der Waals surface area contributed by atoms with E-state index in [2.05, 4.69) is 35.4 Å². The molecule has 3 aromatic rings. The van der Waals surface area contributed by atoms with E-state index in [4.69, 9.17) is 0 Å². The van der Waals surface area contributed by atoms with Gasteiger partial charge in [-0.15, -0.1) is 0 Å². The quantitative estimate of drug-likeness (QED) is 0.309. The summed E-state index contributed by atoms with van der Waals surface area (Å²) < 4.78 is 2.34. The van der Waals surface area contributed by atoms with Crippen molar-refractivity contribution >= 4 is 21.8 Å². The summed E-state index contributed by atoms with van der Waals surface area (Å²) in [7, 11) is 0. The van der Waals surface area contributed by atoms with Crippen molar-refractivity contribution in [2.24, 2.45) is 0 Å². The molecule has 3 nitrogen and oxygen atoms in total. The van der Waals surface area contributed by atoms with Gasteiger partial charge in [0.05, 0.1) is 11.0 Å². The summed E-state index contributed by atoms with van der Waals surface area (Å²) in [6, 6.07) is 16.0. The van der Waals surface area contributed by atoms with Crippen molar-refractivity contribution in [3.05, 3.63) is 58.8 Å². The fraction of sp³-hybridized carbons (Fsp3) is 0.480. The molecule has 0 unspecified atom stereocenters. The molecular weight excluding hydrogens is 344 g/mol. The molecule has 1 heterocycles. The molecule has 0 spiro atoms. The first-order chi connectivity index (χ1) is 13.8. The first-order valence-corrected chi connectivity index (χ1v) is 11.0. The first kappa shape index (κ1) is 20.6. The number of benzene rings is 2. The largest absolute Gasteiger partial charge is 0.340 e. The van der Waals surface area contributed by atoms with Crippen LogP contribution >= 0.6 is 0 Å². The van der Waals surface area contributed by atoms with Crippen molar-refractivity contribution in [2.45, 2.75) is 58.9 Å². The molecule has 0 saturated carbocycles. The van der Waals surface area contributed by atoms with Gasteiger partial charge in [0.15, 0.2) is 5.43 Å². The van der Waals surface area contributed by atoms with E-state index in [0.29, 0.717) is 0 Å². The summed E-state index contributed by atoms with van der Waals surface area (Å²) in [5.41, 5.74) is 2.27. The Morgan fingerprint density at radius 3 is 1.79 bits per heavy atom. The Morgan fingerprint density at radius 2 is 1.21 bits per heavy atom. The SMILES string of the molecule is CCN(CC)CCCCCCCCn1c2ccccc2c(=O)c2ccccc21. The molecule has 2 aromatic carbocycles. The summed E-state index contributed by atoms with van der Waals surface area (Å²) in [4.78, 5) is 15.3. The zero-order valence-corrected chi connectivity index (χ0v) is 17.5. The van der Waals surface area contributed by atoms with Crippen LogP contribution in [0.15, 0.2) is 53.3 Å². The normalized spacial score (nSPS) is 11.7. The monoisotopic (exact) mass is 378 g/mol. The van der Waals surface area contributed by atoms with Gasteiger partial charge < -0.3 is 9.47 Å². The van der Waals surface area contributed by atoms with Crippen LogP contribution in [0.2, 0.25) is 0 Å². The third-order valence-corrected chi connectivity index (χ3v) is 5.88. The highest BCUT2D eigenvalue weighted by Gasteiger charge is 2.09. The summed E-state index contributed by atoms with van der Waals surface area (Å²) in [6.45, 7) is 9.03. The second-order valence-corrected chi connectivity index (χ2v) is 7.66. The molecule has 0 amide bonds. The molecule has 1 aromatic heterocycles. The number of pyridine rings is 1. The van der Waals surface area contributed by atoms with E-state index >= 15 is 0 Å². The zero-order chi connectivity index (χ0) is 19.8. The van der Waals surface area contributed by atoms with Crippen LogP contribution in [0.25, 0.3) is 21.8 Å². The third kappa shape index (κ3) is 4.82. The van der Waals surface area contributed by atoms with Crippen LogP contribution in [0.4, 0.5) is 0 Å². The van der Waals surface area contributed by atoms with Gasteiger partial charge in [-0.2, -0.15) is 0 Å². The van der Waals surface area contributed by atoms with E-state index in [1.54, 1.807) is 0 Å². The molecule has 0 atom stereocenters. The van der Waals surface area contributed by atoms with E-state index in [1.165, 1.54) is 38.6 Å². The minimum atomic E-state index is 0.149. The van der Waals surface area contributed by atoms with Gasteiger partial charge in [-0.05, 0) is 56.7 Å². The fourth-order valence-electron chi connectivity index (χ4n) is 4.17. The summed E-state index contributed by atoms with van der Waals surface area (Å²) in [5.74, 6) is 0. The highest BCUT2D eigenvalue weighted by molar-refractivity contribution is 5.93. The lowest BCUT2D eigenvalue weighted by Crippen LogP contribution is -2.23. The lowest BCUT2D eigenvalue weighted by Gasteiger charge is -2.17. The number of unbranched alkanes of at least 4 members (excludes halogenated alkanes) is 5. The molecule has 0 bridgehead atoms. The second kappa shape index (κ2) is 10.4. The maximum Gasteiger partial charge on any atom is 0.197 e. The molecule has 3 heteroatoms. The number of aryl methyl sites for hydroxylation is 1. The van der Waals surface area contributed by atoms with Crippen LogP contribution in [0, 0.1) is 0 Å². The number of nitrogens with zero attached hydrogens (tertiary/aromatic N) is 2. The average molecular weight is 379 g/mol. The molecule has 150 valence electrons. The van der Waals surface area contributed by atoms with E-state index < -0.39 is 0 Å². The van der Waals surface area contributed by atoms with Crippen molar-refractivity contribution in [1.82, 2.24) is 9.47 Å². The van der Waals surface area contributed by atoms with E-state index in [1.807, 2.05) is 36.4 Å². The van der Waals surface area contributed by atoms with E-state index in [-0.39, 0.29) is 5.43 Å². The topological polar surface area (TPSA) is 25.2 Å². The smallest absolute Gasteiger partial charge is 0.197 e. The number of hydrogen-bond acceptors (Lipinski definition) is 2. The Bertz CT molecular complexity index is 880. The molecule has 0 N–H and O–H groups in total. The number of para-hydroxylation sites is 2. The minimum Gasteiger partial charge on any atom is -0.340 e. The molecule has 0 saturated heterocycles. The van der Waals surface area contributed by atoms with Gasteiger partial charge in [-0.1, -0.05) is 63.8 Å². The lowest BCUT2D eigenvalue weighted by molar-refractivity contribution is 0.295. The molecule has 0 fully saturated rings. The standard InChI is InChI=1S/C25H34N2O/c1-3-26(4-2)19-13-7-5-6-8-14-20-27-23-17-11-9-15-21(23)25(28)22-16-10-12-18-24(22)27/h9-12,15-18H,3-8,13-14,19-20H2,1-2H3. The van der Waals surface area contributed by atoms with Gasteiger partial charge in [0.2, 0.25) is 0 Å². The predicted molar refractivity (Wildman–Crippen MR) is 121 cm³/mol. The Morgan fingerprint density at radius 1 is 0.714 bits per heavy atom. The number of hydrogen-bond donors (Lipinski definition) is 0. The summed E-state index contributed by atoms with van der Waals surface area (Å²) in [5, 5.41) is 1.66. The fourth-order valence-corrected chi connectivity index (χ4v) is 4.17. The average Bonchev–Trinajstić information content (AvgIpc) is 2.75. The second-order valence-electron chi connectivity index (χ2n) is 7.66. The lowest BCUT2D eigenvalue weighted by atomic mass is 10.1. The Labute approximate surface area is 169 Å².